The van der Waals surface area contributed by atoms with Gasteiger partial charge in [0.1, 0.15) is 5.75 Å². The lowest BCUT2D eigenvalue weighted by Gasteiger charge is -2.27. The average molecular weight is 339 g/mol. The second kappa shape index (κ2) is 6.91. The number of carbonyl (C=O) groups excluding carboxylic acids is 1. The first-order valence-corrected chi connectivity index (χ1v) is 9.73. The van der Waals surface area contributed by atoms with Crippen molar-refractivity contribution in [3.63, 3.8) is 0 Å². The Labute approximate surface area is 138 Å². The molecule has 0 N–H and O–H groups in total. The molecule has 23 heavy (non-hydrogen) atoms. The molecule has 0 bridgehead atoms. The average Bonchev–Trinajstić information content (AvgIpc) is 2.83. The first-order chi connectivity index (χ1) is 10.8. The van der Waals surface area contributed by atoms with Crippen LogP contribution in [-0.2, 0) is 21.1 Å². The molecule has 6 heteroatoms. The van der Waals surface area contributed by atoms with Crippen molar-refractivity contribution >= 4 is 15.7 Å². The molecule has 1 aromatic rings. The highest BCUT2D eigenvalue weighted by Crippen LogP contribution is 2.24. The Hall–Kier alpha value is -1.56. The van der Waals surface area contributed by atoms with Crippen LogP contribution in [0.3, 0.4) is 0 Å². The molecule has 1 aromatic carbocycles. The Morgan fingerprint density at radius 3 is 2.52 bits per heavy atom. The summed E-state index contributed by atoms with van der Waals surface area (Å²) in [6, 6.07) is 3.73. The maximum Gasteiger partial charge on any atom is 0.227 e. The van der Waals surface area contributed by atoms with Gasteiger partial charge >= 0.3 is 0 Å². The molecule has 0 saturated carbocycles. The molecule has 5 nitrogen and oxygen atoms in total. The van der Waals surface area contributed by atoms with Crippen LogP contribution in [0.1, 0.15) is 30.0 Å². The van der Waals surface area contributed by atoms with Crippen molar-refractivity contribution in [1.82, 2.24) is 4.90 Å². The molecule has 2 rings (SSSR count). The molecule has 0 aromatic heterocycles. The van der Waals surface area contributed by atoms with Gasteiger partial charge in [-0.25, -0.2) is 8.42 Å². The number of carbonyl (C=O) groups is 1. The quantitative estimate of drug-likeness (QED) is 0.822. The molecule has 1 fully saturated rings. The van der Waals surface area contributed by atoms with Gasteiger partial charge in [-0.2, -0.15) is 0 Å². The molecule has 1 heterocycles. The van der Waals surface area contributed by atoms with E-state index in [2.05, 4.69) is 0 Å². The lowest BCUT2D eigenvalue weighted by molar-refractivity contribution is -0.132. The Morgan fingerprint density at radius 2 is 2.00 bits per heavy atom. The molecule has 1 amide bonds. The number of likely N-dealkylation sites (N-methyl/N-ethyl adjacent to an activating group) is 1. The lowest BCUT2D eigenvalue weighted by Crippen LogP contribution is -2.41. The van der Waals surface area contributed by atoms with Crippen molar-refractivity contribution in [3.8, 4) is 5.75 Å². The second-order valence-corrected chi connectivity index (χ2v) is 8.39. The molecular weight excluding hydrogens is 314 g/mol. The minimum absolute atomic E-state index is 0.0118. The van der Waals surface area contributed by atoms with Crippen LogP contribution in [0.25, 0.3) is 0 Å². The van der Waals surface area contributed by atoms with Gasteiger partial charge < -0.3 is 9.64 Å². The Balaban J connectivity index is 2.16. The fourth-order valence-corrected chi connectivity index (χ4v) is 4.91. The molecule has 0 spiro atoms. The minimum Gasteiger partial charge on any atom is -0.496 e. The van der Waals surface area contributed by atoms with E-state index in [0.717, 1.165) is 22.4 Å². The predicted molar refractivity (Wildman–Crippen MR) is 90.6 cm³/mol. The third-order valence-electron chi connectivity index (χ3n) is 4.51. The smallest absolute Gasteiger partial charge is 0.227 e. The van der Waals surface area contributed by atoms with Crippen molar-refractivity contribution in [3.05, 3.63) is 28.8 Å². The SMILES string of the molecule is CCN(C(=O)Cc1cc(C)c(OC)cc1C)C1CCS(=O)(=O)C1. The molecule has 1 aliphatic heterocycles. The summed E-state index contributed by atoms with van der Waals surface area (Å²) < 4.78 is 28.6. The van der Waals surface area contributed by atoms with Crippen molar-refractivity contribution < 1.29 is 17.9 Å². The first kappa shape index (κ1) is 17.8. The van der Waals surface area contributed by atoms with Gasteiger partial charge in [0.25, 0.3) is 0 Å². The highest BCUT2D eigenvalue weighted by atomic mass is 32.2. The van der Waals surface area contributed by atoms with E-state index in [4.69, 9.17) is 4.74 Å². The maximum absolute atomic E-state index is 12.7. The van der Waals surface area contributed by atoms with E-state index < -0.39 is 9.84 Å². The molecule has 0 radical (unpaired) electrons. The van der Waals surface area contributed by atoms with Crippen molar-refractivity contribution in [2.24, 2.45) is 0 Å². The zero-order valence-corrected chi connectivity index (χ0v) is 15.1. The van der Waals surface area contributed by atoms with E-state index in [1.54, 1.807) is 12.0 Å². The van der Waals surface area contributed by atoms with Crippen LogP contribution < -0.4 is 4.74 Å². The second-order valence-electron chi connectivity index (χ2n) is 6.16. The van der Waals surface area contributed by atoms with Crippen molar-refractivity contribution in [2.45, 2.75) is 39.7 Å². The molecule has 1 saturated heterocycles. The maximum atomic E-state index is 12.7. The van der Waals surface area contributed by atoms with Gasteiger partial charge in [0.05, 0.1) is 25.0 Å². The van der Waals surface area contributed by atoms with Gasteiger partial charge in [-0.1, -0.05) is 6.07 Å². The number of ether oxygens (including phenoxy) is 1. The summed E-state index contributed by atoms with van der Waals surface area (Å²) in [6.45, 7) is 6.34. The van der Waals surface area contributed by atoms with Crippen LogP contribution in [0.4, 0.5) is 0 Å². The fraction of sp³-hybridized carbons (Fsp3) is 0.588. The topological polar surface area (TPSA) is 63.7 Å². The Bertz CT molecular complexity index is 697. The number of hydrogen-bond donors (Lipinski definition) is 0. The van der Waals surface area contributed by atoms with E-state index in [1.165, 1.54) is 0 Å². The van der Waals surface area contributed by atoms with Crippen molar-refractivity contribution in [1.29, 1.82) is 0 Å². The number of rotatable bonds is 5. The van der Waals surface area contributed by atoms with E-state index in [1.807, 2.05) is 32.9 Å². The molecule has 128 valence electrons. The van der Waals surface area contributed by atoms with E-state index >= 15 is 0 Å². The summed E-state index contributed by atoms with van der Waals surface area (Å²) in [4.78, 5) is 14.4. The first-order valence-electron chi connectivity index (χ1n) is 7.91. The molecule has 0 aliphatic carbocycles. The van der Waals surface area contributed by atoms with E-state index in [-0.39, 0.29) is 23.5 Å². The lowest BCUT2D eigenvalue weighted by atomic mass is 10.0. The summed E-state index contributed by atoms with van der Waals surface area (Å²) in [5.74, 6) is 1.07. The van der Waals surface area contributed by atoms with Crippen LogP contribution in [-0.4, -0.2) is 50.4 Å². The molecule has 1 aliphatic rings. The molecular formula is C17H25NO4S. The third kappa shape index (κ3) is 4.05. The normalized spacial score (nSPS) is 19.6. The standard InChI is InChI=1S/C17H25NO4S/c1-5-18(15-6-7-23(20,21)11-15)17(19)10-14-8-13(3)16(22-4)9-12(14)2/h8-9,15H,5-7,10-11H2,1-4H3. The number of aryl methyl sites for hydroxylation is 2. The minimum atomic E-state index is -2.99. The highest BCUT2D eigenvalue weighted by Gasteiger charge is 2.33. The highest BCUT2D eigenvalue weighted by molar-refractivity contribution is 7.91. The predicted octanol–water partition coefficient (Wildman–Crippen LogP) is 1.89. The summed E-state index contributed by atoms with van der Waals surface area (Å²) in [6.07, 6.45) is 0.837. The van der Waals surface area contributed by atoms with Gasteiger partial charge in [-0.3, -0.25) is 4.79 Å². The van der Waals surface area contributed by atoms with Crippen LogP contribution in [0.5, 0.6) is 5.75 Å². The summed E-state index contributed by atoms with van der Waals surface area (Å²) in [7, 11) is -1.36. The van der Waals surface area contributed by atoms with Crippen molar-refractivity contribution in [2.75, 3.05) is 25.2 Å². The number of methoxy groups -OCH3 is 1. The fourth-order valence-electron chi connectivity index (χ4n) is 3.18. The van der Waals surface area contributed by atoms with Gasteiger partial charge in [0.15, 0.2) is 9.84 Å². The Kier molecular flexibility index (Phi) is 5.34. The van der Waals surface area contributed by atoms with Crippen LogP contribution in [0.15, 0.2) is 12.1 Å². The number of benzene rings is 1. The van der Waals surface area contributed by atoms with E-state index in [0.29, 0.717) is 19.4 Å². The number of nitrogens with zero attached hydrogens (tertiary/aromatic N) is 1. The molecule has 1 unspecified atom stereocenters. The third-order valence-corrected chi connectivity index (χ3v) is 6.26. The van der Waals surface area contributed by atoms with Crippen LogP contribution in [0.2, 0.25) is 0 Å². The molecule has 1 atom stereocenters. The van der Waals surface area contributed by atoms with Crippen LogP contribution in [0, 0.1) is 13.8 Å². The number of amides is 1. The largest absolute Gasteiger partial charge is 0.496 e. The van der Waals surface area contributed by atoms with Gasteiger partial charge in [-0.05, 0) is 49.9 Å². The van der Waals surface area contributed by atoms with E-state index in [9.17, 15) is 13.2 Å². The summed E-state index contributed by atoms with van der Waals surface area (Å²) in [5.41, 5.74) is 2.97. The zero-order chi connectivity index (χ0) is 17.2. The number of hydrogen-bond acceptors (Lipinski definition) is 4. The Morgan fingerprint density at radius 1 is 1.30 bits per heavy atom. The van der Waals surface area contributed by atoms with Gasteiger partial charge in [-0.15, -0.1) is 0 Å². The zero-order valence-electron chi connectivity index (χ0n) is 14.3. The van der Waals surface area contributed by atoms with Gasteiger partial charge in [0.2, 0.25) is 5.91 Å². The summed E-state index contributed by atoms with van der Waals surface area (Å²) >= 11 is 0. The van der Waals surface area contributed by atoms with Crippen LogP contribution >= 0.6 is 0 Å². The monoisotopic (exact) mass is 339 g/mol. The summed E-state index contributed by atoms with van der Waals surface area (Å²) in [5, 5.41) is 0. The van der Waals surface area contributed by atoms with Gasteiger partial charge in [0, 0.05) is 12.6 Å². The number of sulfone groups is 1.